The average molecular weight is 395 g/mol. The molecule has 1 saturated heterocycles. The van der Waals surface area contributed by atoms with Gasteiger partial charge in [-0.1, -0.05) is 12.1 Å². The van der Waals surface area contributed by atoms with Crippen molar-refractivity contribution in [1.82, 2.24) is 14.9 Å². The number of ether oxygens (including phenoxy) is 1. The van der Waals surface area contributed by atoms with E-state index in [1.54, 1.807) is 7.05 Å². The van der Waals surface area contributed by atoms with E-state index in [1.807, 2.05) is 0 Å². The fraction of sp³-hybridized carbons (Fsp3) is 0.632. The summed E-state index contributed by atoms with van der Waals surface area (Å²) in [7, 11) is -1.34. The van der Waals surface area contributed by atoms with Gasteiger partial charge < -0.3 is 15.4 Å². The van der Waals surface area contributed by atoms with Gasteiger partial charge in [0.2, 0.25) is 10.0 Å². The molecule has 1 saturated carbocycles. The Morgan fingerprint density at radius 3 is 2.81 bits per heavy atom. The number of nitrogens with one attached hydrogen (secondary N) is 2. The molecule has 3 rings (SSSR count). The molecule has 1 aromatic rings. The molecule has 8 heteroatoms. The summed E-state index contributed by atoms with van der Waals surface area (Å²) < 4.78 is 31.2. The van der Waals surface area contributed by atoms with Crippen molar-refractivity contribution in [3.8, 4) is 5.75 Å². The van der Waals surface area contributed by atoms with E-state index in [1.165, 1.54) is 22.7 Å². The van der Waals surface area contributed by atoms with Gasteiger partial charge in [-0.15, -0.1) is 0 Å². The van der Waals surface area contributed by atoms with Crippen LogP contribution in [0.15, 0.2) is 23.2 Å². The molecule has 1 aliphatic heterocycles. The number of guanidine groups is 1. The Bertz CT molecular complexity index is 775. The minimum absolute atomic E-state index is 0.261. The highest BCUT2D eigenvalue weighted by Crippen LogP contribution is 2.30. The lowest BCUT2D eigenvalue weighted by molar-refractivity contribution is 0.296. The minimum Gasteiger partial charge on any atom is -0.493 e. The Balaban J connectivity index is 1.48. The van der Waals surface area contributed by atoms with Gasteiger partial charge in [0.15, 0.2) is 5.96 Å². The summed E-state index contributed by atoms with van der Waals surface area (Å²) in [6.45, 7) is 5.05. The van der Waals surface area contributed by atoms with E-state index < -0.39 is 10.0 Å². The molecule has 2 fully saturated rings. The van der Waals surface area contributed by atoms with Crippen LogP contribution in [0.1, 0.15) is 30.4 Å². The first-order valence-corrected chi connectivity index (χ1v) is 11.2. The predicted molar refractivity (Wildman–Crippen MR) is 108 cm³/mol. The average Bonchev–Trinajstić information content (AvgIpc) is 3.40. The van der Waals surface area contributed by atoms with Crippen LogP contribution in [0.3, 0.4) is 0 Å². The Morgan fingerprint density at radius 2 is 2.15 bits per heavy atom. The number of hydrogen-bond acceptors (Lipinski definition) is 4. The monoisotopic (exact) mass is 394 g/mol. The zero-order chi connectivity index (χ0) is 19.3. The van der Waals surface area contributed by atoms with E-state index in [9.17, 15) is 8.42 Å². The summed E-state index contributed by atoms with van der Waals surface area (Å²) >= 11 is 0. The summed E-state index contributed by atoms with van der Waals surface area (Å²) in [5, 5.41) is 6.47. The van der Waals surface area contributed by atoms with Gasteiger partial charge in [0.05, 0.1) is 12.4 Å². The molecule has 0 atom stereocenters. The van der Waals surface area contributed by atoms with Gasteiger partial charge >= 0.3 is 0 Å². The number of benzene rings is 1. The molecule has 1 heterocycles. The van der Waals surface area contributed by atoms with Gasteiger partial charge in [0.1, 0.15) is 5.75 Å². The van der Waals surface area contributed by atoms with E-state index in [-0.39, 0.29) is 5.75 Å². The van der Waals surface area contributed by atoms with Crippen molar-refractivity contribution in [1.29, 1.82) is 0 Å². The van der Waals surface area contributed by atoms with E-state index >= 15 is 0 Å². The molecule has 0 spiro atoms. The van der Waals surface area contributed by atoms with Gasteiger partial charge in [-0.25, -0.2) is 12.7 Å². The molecule has 0 unspecified atom stereocenters. The number of aryl methyl sites for hydroxylation is 1. The summed E-state index contributed by atoms with van der Waals surface area (Å²) in [6.07, 6.45) is 3.25. The van der Waals surface area contributed by atoms with Crippen LogP contribution >= 0.6 is 0 Å². The second kappa shape index (κ2) is 8.93. The molecule has 1 aliphatic carbocycles. The van der Waals surface area contributed by atoms with Crippen molar-refractivity contribution in [2.75, 3.05) is 39.0 Å². The first-order valence-electron chi connectivity index (χ1n) is 9.62. The van der Waals surface area contributed by atoms with E-state index in [2.05, 4.69) is 40.7 Å². The van der Waals surface area contributed by atoms with Crippen LogP contribution in [0.25, 0.3) is 0 Å². The second-order valence-corrected chi connectivity index (χ2v) is 9.38. The lowest BCUT2D eigenvalue weighted by atomic mass is 10.1. The number of aliphatic imine (C=N–C) groups is 1. The topological polar surface area (TPSA) is 83.0 Å². The molecule has 0 bridgehead atoms. The van der Waals surface area contributed by atoms with Gasteiger partial charge in [0.25, 0.3) is 0 Å². The first-order chi connectivity index (χ1) is 13.0. The van der Waals surface area contributed by atoms with Crippen LogP contribution in [0, 0.1) is 12.8 Å². The Labute approximate surface area is 162 Å². The molecule has 2 aliphatic rings. The lowest BCUT2D eigenvalue weighted by Gasteiger charge is -2.17. The third-order valence-electron chi connectivity index (χ3n) is 4.92. The lowest BCUT2D eigenvalue weighted by Crippen LogP contribution is -2.41. The Morgan fingerprint density at radius 1 is 1.33 bits per heavy atom. The maximum Gasteiger partial charge on any atom is 0.214 e. The molecule has 27 heavy (non-hydrogen) atoms. The molecule has 0 amide bonds. The summed E-state index contributed by atoms with van der Waals surface area (Å²) in [5.41, 5.74) is 2.27. The van der Waals surface area contributed by atoms with Crippen molar-refractivity contribution in [3.05, 3.63) is 29.3 Å². The van der Waals surface area contributed by atoms with Crippen LogP contribution in [0.4, 0.5) is 0 Å². The third kappa shape index (κ3) is 5.84. The fourth-order valence-electron chi connectivity index (χ4n) is 3.08. The second-order valence-electron chi connectivity index (χ2n) is 7.29. The fourth-order valence-corrected chi connectivity index (χ4v) is 4.60. The summed E-state index contributed by atoms with van der Waals surface area (Å²) in [6, 6.07) is 6.23. The molecule has 150 valence electrons. The van der Waals surface area contributed by atoms with Crippen LogP contribution < -0.4 is 15.4 Å². The van der Waals surface area contributed by atoms with Gasteiger partial charge in [-0.2, -0.15) is 0 Å². The van der Waals surface area contributed by atoms with Crippen molar-refractivity contribution >= 4 is 16.0 Å². The normalized spacial score (nSPS) is 19.9. The molecule has 7 nitrogen and oxygen atoms in total. The zero-order valence-electron chi connectivity index (χ0n) is 16.2. The van der Waals surface area contributed by atoms with E-state index in [0.717, 1.165) is 17.9 Å². The van der Waals surface area contributed by atoms with Crippen LogP contribution in [0.5, 0.6) is 5.75 Å². The maximum atomic E-state index is 11.8. The van der Waals surface area contributed by atoms with E-state index in [4.69, 9.17) is 4.74 Å². The summed E-state index contributed by atoms with van der Waals surface area (Å²) in [4.78, 5) is 4.22. The smallest absolute Gasteiger partial charge is 0.214 e. The first kappa shape index (κ1) is 19.9. The molecule has 1 aromatic carbocycles. The Kier molecular flexibility index (Phi) is 6.59. The van der Waals surface area contributed by atoms with Gasteiger partial charge in [-0.05, 0) is 43.7 Å². The van der Waals surface area contributed by atoms with Crippen molar-refractivity contribution in [3.63, 3.8) is 0 Å². The minimum atomic E-state index is -3.05. The quantitative estimate of drug-likeness (QED) is 0.516. The van der Waals surface area contributed by atoms with E-state index in [0.29, 0.717) is 44.5 Å². The van der Waals surface area contributed by atoms with Crippen molar-refractivity contribution in [2.45, 2.75) is 32.7 Å². The van der Waals surface area contributed by atoms with Crippen LogP contribution in [-0.2, 0) is 16.6 Å². The molecular formula is C19H30N4O3S. The highest BCUT2D eigenvalue weighted by molar-refractivity contribution is 7.89. The van der Waals surface area contributed by atoms with Crippen LogP contribution in [-0.4, -0.2) is 57.7 Å². The number of nitrogens with zero attached hydrogens (tertiary/aromatic N) is 2. The number of sulfonamides is 1. The number of rotatable bonds is 8. The summed E-state index contributed by atoms with van der Waals surface area (Å²) in [5.74, 6) is 2.55. The Hall–Kier alpha value is -1.80. The number of hydrogen-bond donors (Lipinski definition) is 2. The zero-order valence-corrected chi connectivity index (χ0v) is 17.0. The van der Waals surface area contributed by atoms with Gasteiger partial charge in [-0.3, -0.25) is 4.99 Å². The molecule has 0 aromatic heterocycles. The SMILES string of the molecule is CN=C(NCCN1CCCS1(=O)=O)NCc1ccc(C)cc1OCC1CC1. The van der Waals surface area contributed by atoms with Gasteiger partial charge in [0, 0.05) is 38.8 Å². The highest BCUT2D eigenvalue weighted by Gasteiger charge is 2.27. The highest BCUT2D eigenvalue weighted by atomic mass is 32.2. The molecule has 2 N–H and O–H groups in total. The third-order valence-corrected chi connectivity index (χ3v) is 6.88. The maximum absolute atomic E-state index is 11.8. The van der Waals surface area contributed by atoms with Crippen molar-refractivity contribution < 1.29 is 13.2 Å². The molecular weight excluding hydrogens is 364 g/mol. The standard InChI is InChI=1S/C19H30N4O3S/c1-15-4-7-17(18(12-15)26-14-16-5-6-16)13-22-19(20-2)21-8-10-23-9-3-11-27(23,24)25/h4,7,12,16H,3,5-6,8-11,13-14H2,1-2H3,(H2,20,21,22). The predicted octanol–water partition coefficient (Wildman–Crippen LogP) is 1.48. The molecule has 0 radical (unpaired) electrons. The van der Waals surface area contributed by atoms with Crippen molar-refractivity contribution in [2.24, 2.45) is 10.9 Å². The largest absolute Gasteiger partial charge is 0.493 e. The van der Waals surface area contributed by atoms with Crippen LogP contribution in [0.2, 0.25) is 0 Å².